The van der Waals surface area contributed by atoms with Gasteiger partial charge in [0.25, 0.3) is 0 Å². The van der Waals surface area contributed by atoms with Crippen LogP contribution in [0.3, 0.4) is 0 Å². The molecule has 0 amide bonds. The molecule has 0 unspecified atom stereocenters. The number of carboxylic acids is 2. The van der Waals surface area contributed by atoms with Gasteiger partial charge in [0.15, 0.2) is 5.41 Å². The first-order valence-corrected chi connectivity index (χ1v) is 8.58. The molecule has 1 aromatic rings. The molecule has 0 aliphatic carbocycles. The predicted molar refractivity (Wildman–Crippen MR) is 92.8 cm³/mol. The molecular weight excluding hydrogens is 354 g/mol. The number of rotatable bonds is 12. The fourth-order valence-electron chi connectivity index (χ4n) is 2.94. The van der Waals surface area contributed by atoms with Gasteiger partial charge in [0, 0.05) is 0 Å². The van der Waals surface area contributed by atoms with Crippen molar-refractivity contribution in [1.29, 1.82) is 0 Å². The first kappa shape index (κ1) is 28.0. The van der Waals surface area contributed by atoms with E-state index in [9.17, 15) is 19.8 Å². The molecule has 0 fully saturated rings. The molecule has 1 aromatic carbocycles. The van der Waals surface area contributed by atoms with Crippen molar-refractivity contribution in [2.24, 2.45) is 0 Å². The van der Waals surface area contributed by atoms with E-state index in [4.69, 9.17) is 0 Å². The maximum atomic E-state index is 11.7. The van der Waals surface area contributed by atoms with E-state index in [1.807, 2.05) is 0 Å². The minimum absolute atomic E-state index is 0. The van der Waals surface area contributed by atoms with Gasteiger partial charge in [-0.05, 0) is 12.0 Å². The average Bonchev–Trinajstić information content (AvgIpc) is 2.54. The zero-order valence-corrected chi connectivity index (χ0v) is 21.1. The molecular formula is C19H30KNaO4. The third-order valence-electron chi connectivity index (χ3n) is 4.40. The summed E-state index contributed by atoms with van der Waals surface area (Å²) in [6.07, 6.45) is 8.72. The van der Waals surface area contributed by atoms with Crippen LogP contribution in [0.2, 0.25) is 0 Å². The molecule has 2 N–H and O–H groups in total. The molecule has 25 heavy (non-hydrogen) atoms. The van der Waals surface area contributed by atoms with Crippen LogP contribution in [0.1, 0.15) is 73.1 Å². The van der Waals surface area contributed by atoms with Crippen LogP contribution in [0.4, 0.5) is 0 Å². The van der Waals surface area contributed by atoms with E-state index in [0.717, 1.165) is 19.3 Å². The summed E-state index contributed by atoms with van der Waals surface area (Å²) in [4.78, 5) is 23.4. The standard InChI is InChI=1S/C19H28O4.K.Na.2H/c1-2-3-4-5-6-7-8-12-15-19(17(20)21,18(22)23)16-13-10-9-11-14-16;;;;/h9-11,13-14H,2-8,12,15H2,1H3,(H,20,21)(H,22,23);;;;/q;2*+1;2*-1. The van der Waals surface area contributed by atoms with Crippen molar-refractivity contribution in [3.8, 4) is 0 Å². The van der Waals surface area contributed by atoms with Gasteiger partial charge in [-0.2, -0.15) is 0 Å². The normalized spacial score (nSPS) is 10.4. The van der Waals surface area contributed by atoms with Crippen molar-refractivity contribution in [2.45, 2.75) is 70.1 Å². The molecule has 4 nitrogen and oxygen atoms in total. The van der Waals surface area contributed by atoms with Gasteiger partial charge in [-0.15, -0.1) is 0 Å². The van der Waals surface area contributed by atoms with Crippen molar-refractivity contribution in [2.75, 3.05) is 0 Å². The molecule has 6 heteroatoms. The number of hydrogen-bond donors (Lipinski definition) is 2. The van der Waals surface area contributed by atoms with E-state index in [1.54, 1.807) is 30.3 Å². The van der Waals surface area contributed by atoms with Crippen molar-refractivity contribution in [3.05, 3.63) is 35.9 Å². The number of aliphatic carboxylic acids is 2. The Bertz CT molecular complexity index is 490. The number of carboxylic acid groups (broad SMARTS) is 2. The molecule has 1 rings (SSSR count). The summed E-state index contributed by atoms with van der Waals surface area (Å²) in [5.41, 5.74) is -1.48. The first-order chi connectivity index (χ1) is 11.1. The smallest absolute Gasteiger partial charge is 1.00 e. The Labute approximate surface area is 218 Å². The van der Waals surface area contributed by atoms with Gasteiger partial charge in [0.2, 0.25) is 0 Å². The maximum Gasteiger partial charge on any atom is 1.00 e. The van der Waals surface area contributed by atoms with Crippen LogP contribution >= 0.6 is 0 Å². The molecule has 0 heterocycles. The second-order valence-corrected chi connectivity index (χ2v) is 6.11. The predicted octanol–water partition coefficient (Wildman–Crippen LogP) is -1.14. The van der Waals surface area contributed by atoms with Crippen molar-refractivity contribution >= 4 is 11.9 Å². The van der Waals surface area contributed by atoms with E-state index in [2.05, 4.69) is 6.92 Å². The third-order valence-corrected chi connectivity index (χ3v) is 4.40. The Morgan fingerprint density at radius 3 is 1.76 bits per heavy atom. The van der Waals surface area contributed by atoms with Crippen molar-refractivity contribution in [3.63, 3.8) is 0 Å². The van der Waals surface area contributed by atoms with E-state index in [1.165, 1.54) is 25.7 Å². The SMILES string of the molecule is CCCCCCCCCCC(C(=O)O)(C(=O)O)c1ccccc1.[H-].[H-].[K+].[Na+]. The van der Waals surface area contributed by atoms with Crippen molar-refractivity contribution in [1.82, 2.24) is 0 Å². The van der Waals surface area contributed by atoms with Gasteiger partial charge in [-0.3, -0.25) is 9.59 Å². The minimum atomic E-state index is -1.83. The first-order valence-electron chi connectivity index (χ1n) is 8.58. The Hall–Kier alpha value is 0.796. The van der Waals surface area contributed by atoms with Gasteiger partial charge in [-0.1, -0.05) is 88.6 Å². The van der Waals surface area contributed by atoms with Crippen LogP contribution < -0.4 is 80.9 Å². The summed E-state index contributed by atoms with van der Waals surface area (Å²) in [6, 6.07) is 8.31. The number of benzene rings is 1. The van der Waals surface area contributed by atoms with E-state index < -0.39 is 17.4 Å². The fourth-order valence-corrected chi connectivity index (χ4v) is 2.94. The van der Waals surface area contributed by atoms with Crippen molar-refractivity contribution < 1.29 is 104 Å². The maximum absolute atomic E-state index is 11.7. The molecule has 0 radical (unpaired) electrons. The van der Waals surface area contributed by atoms with Crippen LogP contribution in [-0.4, -0.2) is 22.2 Å². The van der Waals surface area contributed by atoms with E-state index in [-0.39, 0.29) is 90.2 Å². The molecule has 0 spiro atoms. The Morgan fingerprint density at radius 2 is 1.32 bits per heavy atom. The monoisotopic (exact) mass is 384 g/mol. The summed E-state index contributed by atoms with van der Waals surface area (Å²) in [7, 11) is 0. The molecule has 0 aliphatic heterocycles. The quantitative estimate of drug-likeness (QED) is 0.271. The molecule has 0 atom stereocenters. The second kappa shape index (κ2) is 15.8. The molecule has 0 saturated heterocycles. The summed E-state index contributed by atoms with van der Waals surface area (Å²) >= 11 is 0. The molecule has 0 bridgehead atoms. The molecule has 0 aliphatic rings. The summed E-state index contributed by atoms with van der Waals surface area (Å²) in [6.45, 7) is 2.18. The Morgan fingerprint density at radius 1 is 0.880 bits per heavy atom. The fraction of sp³-hybridized carbons (Fsp3) is 0.579. The van der Waals surface area contributed by atoms with Gasteiger partial charge < -0.3 is 13.1 Å². The summed E-state index contributed by atoms with van der Waals surface area (Å²) in [5, 5.41) is 19.1. The topological polar surface area (TPSA) is 74.6 Å². The summed E-state index contributed by atoms with van der Waals surface area (Å²) < 4.78 is 0. The van der Waals surface area contributed by atoms with Gasteiger partial charge in [0.05, 0.1) is 0 Å². The Balaban J connectivity index is -0.000000661. The van der Waals surface area contributed by atoms with Gasteiger partial charge in [0.1, 0.15) is 0 Å². The Kier molecular flexibility index (Phi) is 17.7. The molecule has 0 saturated carbocycles. The van der Waals surface area contributed by atoms with Crippen LogP contribution in [0.25, 0.3) is 0 Å². The van der Waals surface area contributed by atoms with E-state index >= 15 is 0 Å². The molecule has 0 aromatic heterocycles. The second-order valence-electron chi connectivity index (χ2n) is 6.11. The zero-order chi connectivity index (χ0) is 17.1. The van der Waals surface area contributed by atoms with Crippen LogP contribution in [0.15, 0.2) is 30.3 Å². The summed E-state index contributed by atoms with van der Waals surface area (Å²) in [5.74, 6) is -2.56. The van der Waals surface area contributed by atoms with Crippen LogP contribution in [-0.2, 0) is 15.0 Å². The third kappa shape index (κ3) is 9.02. The zero-order valence-electron chi connectivity index (χ0n) is 18.0. The van der Waals surface area contributed by atoms with Gasteiger partial charge >= 0.3 is 92.9 Å². The minimum Gasteiger partial charge on any atom is -1.00 e. The van der Waals surface area contributed by atoms with Gasteiger partial charge in [-0.25, -0.2) is 0 Å². The number of carbonyl (C=O) groups is 2. The van der Waals surface area contributed by atoms with Crippen LogP contribution in [0.5, 0.6) is 0 Å². The molecule has 132 valence electrons. The number of unbranched alkanes of at least 4 members (excludes halogenated alkanes) is 7. The van der Waals surface area contributed by atoms with Crippen LogP contribution in [0, 0.1) is 0 Å². The van der Waals surface area contributed by atoms with E-state index in [0.29, 0.717) is 12.0 Å². The average molecular weight is 385 g/mol. The largest absolute Gasteiger partial charge is 1.00 e. The number of hydrogen-bond acceptors (Lipinski definition) is 2.